The molecule has 7 heteroatoms. The molecule has 1 saturated heterocycles. The quantitative estimate of drug-likeness (QED) is 0.757. The van der Waals surface area contributed by atoms with Crippen molar-refractivity contribution in [1.29, 1.82) is 0 Å². The molecule has 0 spiro atoms. The topological polar surface area (TPSA) is 59.2 Å². The SMILES string of the molecule is CN(Cc1ccc2n(c1=O)C[C@H]1C[C@@H]2CN(C2CCCCC2)C1)Cc1nncn1C. The predicted molar refractivity (Wildman–Crippen MR) is 116 cm³/mol. The molecule has 0 N–H and O–H groups in total. The third-order valence-electron chi connectivity index (χ3n) is 7.46. The first-order valence-corrected chi connectivity index (χ1v) is 11.6. The van der Waals surface area contributed by atoms with E-state index in [1.807, 2.05) is 18.7 Å². The van der Waals surface area contributed by atoms with Gasteiger partial charge < -0.3 is 9.13 Å². The van der Waals surface area contributed by atoms with E-state index < -0.39 is 0 Å². The smallest absolute Gasteiger partial charge is 0.255 e. The Bertz CT molecular complexity index is 943. The van der Waals surface area contributed by atoms with Crippen molar-refractivity contribution in [2.45, 2.75) is 70.1 Å². The molecule has 7 nitrogen and oxygen atoms in total. The number of piperidine rings is 1. The van der Waals surface area contributed by atoms with Gasteiger partial charge in [0, 0.05) is 56.4 Å². The van der Waals surface area contributed by atoms with Gasteiger partial charge in [-0.1, -0.05) is 25.3 Å². The number of likely N-dealkylation sites (tertiary alicyclic amines) is 1. The summed E-state index contributed by atoms with van der Waals surface area (Å²) < 4.78 is 4.03. The van der Waals surface area contributed by atoms with E-state index in [0.717, 1.165) is 30.5 Å². The van der Waals surface area contributed by atoms with Crippen molar-refractivity contribution in [2.24, 2.45) is 13.0 Å². The van der Waals surface area contributed by atoms with Crippen molar-refractivity contribution < 1.29 is 0 Å². The Morgan fingerprint density at radius 2 is 1.93 bits per heavy atom. The Balaban J connectivity index is 1.32. The van der Waals surface area contributed by atoms with Gasteiger partial charge in [0.1, 0.15) is 12.2 Å². The highest BCUT2D eigenvalue weighted by Crippen LogP contribution is 2.37. The van der Waals surface area contributed by atoms with Gasteiger partial charge in [-0.25, -0.2) is 0 Å². The summed E-state index contributed by atoms with van der Waals surface area (Å²) in [4.78, 5) is 18.2. The summed E-state index contributed by atoms with van der Waals surface area (Å²) in [5.41, 5.74) is 2.35. The van der Waals surface area contributed by atoms with Gasteiger partial charge in [-0.15, -0.1) is 10.2 Å². The second kappa shape index (κ2) is 8.27. The number of hydrogen-bond acceptors (Lipinski definition) is 5. The van der Waals surface area contributed by atoms with Crippen molar-refractivity contribution in [3.05, 3.63) is 45.9 Å². The van der Waals surface area contributed by atoms with Crippen molar-refractivity contribution in [3.8, 4) is 0 Å². The van der Waals surface area contributed by atoms with Crippen LogP contribution < -0.4 is 5.56 Å². The fourth-order valence-corrected chi connectivity index (χ4v) is 5.93. The normalized spacial score (nSPS) is 24.9. The number of pyridine rings is 1. The lowest BCUT2D eigenvalue weighted by atomic mass is 9.81. The summed E-state index contributed by atoms with van der Waals surface area (Å²) in [7, 11) is 3.99. The van der Waals surface area contributed by atoms with Crippen LogP contribution in [0.15, 0.2) is 23.3 Å². The van der Waals surface area contributed by atoms with Crippen LogP contribution in [0.2, 0.25) is 0 Å². The molecule has 2 aromatic heterocycles. The van der Waals surface area contributed by atoms with E-state index >= 15 is 0 Å². The zero-order chi connectivity index (χ0) is 20.7. The van der Waals surface area contributed by atoms with Crippen molar-refractivity contribution in [2.75, 3.05) is 20.1 Å². The molecule has 1 saturated carbocycles. The molecule has 4 heterocycles. The van der Waals surface area contributed by atoms with E-state index in [2.05, 4.69) is 36.7 Å². The maximum atomic E-state index is 13.3. The molecule has 2 fully saturated rings. The number of aryl methyl sites for hydroxylation is 1. The lowest BCUT2D eigenvalue weighted by Gasteiger charge is -2.46. The Kier molecular flexibility index (Phi) is 5.50. The molecular formula is C23H34N6O. The van der Waals surface area contributed by atoms with Gasteiger partial charge in [-0.05, 0) is 38.3 Å². The molecule has 2 atom stereocenters. The highest BCUT2D eigenvalue weighted by molar-refractivity contribution is 5.22. The van der Waals surface area contributed by atoms with Gasteiger partial charge >= 0.3 is 0 Å². The molecule has 1 aliphatic carbocycles. The first-order valence-electron chi connectivity index (χ1n) is 11.6. The fraction of sp³-hybridized carbons (Fsp3) is 0.696. The molecule has 0 unspecified atom stereocenters. The number of aromatic nitrogens is 4. The lowest BCUT2D eigenvalue weighted by molar-refractivity contribution is 0.0646. The lowest BCUT2D eigenvalue weighted by Crippen LogP contribution is -2.51. The second-order valence-corrected chi connectivity index (χ2v) is 9.77. The van der Waals surface area contributed by atoms with E-state index in [9.17, 15) is 4.79 Å². The molecule has 0 amide bonds. The van der Waals surface area contributed by atoms with Crippen LogP contribution in [0.25, 0.3) is 0 Å². The number of hydrogen-bond donors (Lipinski definition) is 0. The zero-order valence-corrected chi connectivity index (χ0v) is 18.3. The summed E-state index contributed by atoms with van der Waals surface area (Å²) >= 11 is 0. The van der Waals surface area contributed by atoms with Gasteiger partial charge in [-0.2, -0.15) is 0 Å². The maximum Gasteiger partial charge on any atom is 0.255 e. The molecule has 2 bridgehead atoms. The highest BCUT2D eigenvalue weighted by Gasteiger charge is 2.37. The number of rotatable bonds is 5. The predicted octanol–water partition coefficient (Wildman–Crippen LogP) is 2.36. The third kappa shape index (κ3) is 3.85. The summed E-state index contributed by atoms with van der Waals surface area (Å²) in [5.74, 6) is 2.04. The van der Waals surface area contributed by atoms with Gasteiger partial charge in [0.15, 0.2) is 0 Å². The minimum Gasteiger partial charge on any atom is -0.320 e. The van der Waals surface area contributed by atoms with Crippen LogP contribution >= 0.6 is 0 Å². The zero-order valence-electron chi connectivity index (χ0n) is 18.3. The minimum atomic E-state index is 0.207. The molecular weight excluding hydrogens is 376 g/mol. The average molecular weight is 411 g/mol. The third-order valence-corrected chi connectivity index (χ3v) is 7.46. The summed E-state index contributed by atoms with van der Waals surface area (Å²) in [6.45, 7) is 4.50. The highest BCUT2D eigenvalue weighted by atomic mass is 16.1. The number of nitrogens with zero attached hydrogens (tertiary/aromatic N) is 6. The summed E-state index contributed by atoms with van der Waals surface area (Å²) in [5, 5.41) is 8.10. The van der Waals surface area contributed by atoms with Crippen molar-refractivity contribution in [3.63, 3.8) is 0 Å². The average Bonchev–Trinajstić information content (AvgIpc) is 3.15. The maximum absolute atomic E-state index is 13.3. The van der Waals surface area contributed by atoms with Gasteiger partial charge in [0.25, 0.3) is 5.56 Å². The summed E-state index contributed by atoms with van der Waals surface area (Å²) in [6, 6.07) is 5.08. The van der Waals surface area contributed by atoms with Crippen LogP contribution in [0.3, 0.4) is 0 Å². The molecule has 0 radical (unpaired) electrons. The molecule has 2 aromatic rings. The van der Waals surface area contributed by atoms with Crippen LogP contribution in [-0.4, -0.2) is 55.3 Å². The van der Waals surface area contributed by atoms with Gasteiger partial charge in [-0.3, -0.25) is 14.6 Å². The molecule has 2 aliphatic heterocycles. The largest absolute Gasteiger partial charge is 0.320 e. The molecule has 162 valence electrons. The molecule has 0 aromatic carbocycles. The Morgan fingerprint density at radius 1 is 1.10 bits per heavy atom. The van der Waals surface area contributed by atoms with E-state index in [1.165, 1.54) is 50.8 Å². The van der Waals surface area contributed by atoms with Crippen LogP contribution in [0.4, 0.5) is 0 Å². The summed E-state index contributed by atoms with van der Waals surface area (Å²) in [6.07, 6.45) is 9.87. The van der Waals surface area contributed by atoms with E-state index in [0.29, 0.717) is 24.9 Å². The molecule has 3 aliphatic rings. The van der Waals surface area contributed by atoms with Crippen LogP contribution in [0.5, 0.6) is 0 Å². The van der Waals surface area contributed by atoms with E-state index in [1.54, 1.807) is 6.33 Å². The number of fused-ring (bicyclic) bond motifs is 4. The van der Waals surface area contributed by atoms with Gasteiger partial charge in [0.2, 0.25) is 0 Å². The first-order chi connectivity index (χ1) is 14.6. The molecule has 30 heavy (non-hydrogen) atoms. The Hall–Kier alpha value is -1.99. The Labute approximate surface area is 178 Å². The standard InChI is InChI=1S/C23H34N6O/c1-26(15-22-25-24-16-27(22)2)13-18-8-9-21-19-10-17(12-29(21)23(18)30)11-28(14-19)20-6-4-3-5-7-20/h8-9,16-17,19-20H,3-7,10-15H2,1-2H3/t17-,19+/m0/s1. The second-order valence-electron chi connectivity index (χ2n) is 9.77. The van der Waals surface area contributed by atoms with Crippen molar-refractivity contribution >= 4 is 0 Å². The van der Waals surface area contributed by atoms with Crippen LogP contribution in [0, 0.1) is 5.92 Å². The van der Waals surface area contributed by atoms with E-state index in [-0.39, 0.29) is 5.56 Å². The van der Waals surface area contributed by atoms with Crippen molar-refractivity contribution in [1.82, 2.24) is 29.1 Å². The first kappa shape index (κ1) is 19.9. The van der Waals surface area contributed by atoms with Gasteiger partial charge in [0.05, 0.1) is 6.54 Å². The Morgan fingerprint density at radius 3 is 2.70 bits per heavy atom. The van der Waals surface area contributed by atoms with E-state index in [4.69, 9.17) is 0 Å². The van der Waals surface area contributed by atoms with Crippen LogP contribution in [0.1, 0.15) is 61.5 Å². The minimum absolute atomic E-state index is 0.207. The fourth-order valence-electron chi connectivity index (χ4n) is 5.93. The van der Waals surface area contributed by atoms with Crippen LogP contribution in [-0.2, 0) is 26.7 Å². The monoisotopic (exact) mass is 410 g/mol. The molecule has 5 rings (SSSR count).